The molecule has 0 saturated carbocycles. The van der Waals surface area contributed by atoms with E-state index in [0.29, 0.717) is 11.8 Å². The van der Waals surface area contributed by atoms with Gasteiger partial charge in [0.2, 0.25) is 0 Å². The van der Waals surface area contributed by atoms with Crippen LogP contribution in [0.25, 0.3) is 0 Å². The molecule has 15 heteroatoms. The van der Waals surface area contributed by atoms with Crippen molar-refractivity contribution in [3.05, 3.63) is 61.4 Å². The molecule has 0 spiro atoms. The number of rotatable bonds is 5. The van der Waals surface area contributed by atoms with Gasteiger partial charge in [-0.15, -0.1) is 0 Å². The zero-order chi connectivity index (χ0) is 26.0. The number of ether oxygens (including phenoxy) is 1. The van der Waals surface area contributed by atoms with Gasteiger partial charge in [-0.05, 0) is 18.2 Å². The van der Waals surface area contributed by atoms with Gasteiger partial charge in [0.1, 0.15) is 24.5 Å². The maximum Gasteiger partial charge on any atom is 0.530 e. The number of aliphatic hydroxyl groups excluding tert-OH is 2. The molecule has 0 aliphatic carbocycles. The molecule has 0 amide bonds. The third-order valence-electron chi connectivity index (χ3n) is 4.43. The standard InChI is InChI=1S/C17H15ClFN2O10P/c18-10-1-2-11-8(3-10)6-28-32(27,31-11)29-7-17(19)13(24)12(23)15(30-17)21-4-9(5-22)14(25)20-16(21)26/h1-5,12-13,15,23-24H,6-7H2,(H,20,25,26)/t12-,13+,15-,17-,32?/m1/s1/i7D2,15D. The first-order valence-corrected chi connectivity index (χ1v) is 10.5. The Morgan fingerprint density at radius 2 is 2.25 bits per heavy atom. The Morgan fingerprint density at radius 1 is 1.50 bits per heavy atom. The van der Waals surface area contributed by atoms with Gasteiger partial charge in [0.05, 0.1) is 16.3 Å². The number of phosphoric acid groups is 1. The molecule has 2 aliphatic heterocycles. The number of H-pyrrole nitrogens is 1. The van der Waals surface area contributed by atoms with E-state index >= 15 is 4.39 Å². The molecule has 172 valence electrons. The summed E-state index contributed by atoms with van der Waals surface area (Å²) in [5.41, 5.74) is -3.06. The number of carbonyl (C=O) groups excluding carboxylic acids is 1. The van der Waals surface area contributed by atoms with Gasteiger partial charge in [0.15, 0.2) is 12.5 Å². The summed E-state index contributed by atoms with van der Waals surface area (Å²) in [4.78, 5) is 36.5. The summed E-state index contributed by atoms with van der Waals surface area (Å²) in [6.07, 6.45) is -8.51. The van der Waals surface area contributed by atoms with Crippen LogP contribution in [0, 0.1) is 0 Å². The highest BCUT2D eigenvalue weighted by molar-refractivity contribution is 7.49. The normalized spacial score (nSPS) is 35.8. The Bertz CT molecular complexity index is 1370. The molecule has 1 unspecified atom stereocenters. The second-order valence-electron chi connectivity index (χ2n) is 6.56. The molecule has 3 N–H and O–H groups in total. The van der Waals surface area contributed by atoms with Crippen LogP contribution in [-0.2, 0) is 25.0 Å². The first-order chi connectivity index (χ1) is 16.2. The van der Waals surface area contributed by atoms with Gasteiger partial charge in [0, 0.05) is 16.8 Å². The molecule has 0 bridgehead atoms. The molecule has 1 fully saturated rings. The highest BCUT2D eigenvalue weighted by atomic mass is 35.5. The van der Waals surface area contributed by atoms with Crippen LogP contribution < -0.4 is 15.8 Å². The summed E-state index contributed by atoms with van der Waals surface area (Å²) in [7, 11) is -4.92. The minimum absolute atomic E-state index is 0.0184. The summed E-state index contributed by atoms with van der Waals surface area (Å²) >= 11 is 5.83. The van der Waals surface area contributed by atoms with Gasteiger partial charge in [-0.3, -0.25) is 28.2 Å². The number of alkyl halides is 1. The third kappa shape index (κ3) is 4.04. The SMILES string of the molecule is [2H]C([2H])(OP1(=O)OCc2cc(Cl)ccc2O1)[C@@]1(F)O[C@@]([2H])(n2cc(C=O)c(=O)[nH]c2=O)[C@H](O)[C@@H]1O. The van der Waals surface area contributed by atoms with Crippen LogP contribution in [0.3, 0.4) is 0 Å². The van der Waals surface area contributed by atoms with Crippen molar-refractivity contribution in [1.82, 2.24) is 9.55 Å². The van der Waals surface area contributed by atoms with Crippen LogP contribution in [0.5, 0.6) is 5.75 Å². The zero-order valence-electron chi connectivity index (χ0n) is 18.6. The second kappa shape index (κ2) is 8.19. The van der Waals surface area contributed by atoms with Crippen LogP contribution in [0.15, 0.2) is 34.0 Å². The summed E-state index contributed by atoms with van der Waals surface area (Å²) in [6.45, 7) is -4.38. The van der Waals surface area contributed by atoms with Crippen molar-refractivity contribution < 1.29 is 46.4 Å². The number of nitrogens with one attached hydrogen (secondary N) is 1. The van der Waals surface area contributed by atoms with Gasteiger partial charge >= 0.3 is 13.5 Å². The second-order valence-corrected chi connectivity index (χ2v) is 8.52. The minimum atomic E-state index is -4.92. The van der Waals surface area contributed by atoms with Crippen molar-refractivity contribution >= 4 is 25.7 Å². The highest BCUT2D eigenvalue weighted by Gasteiger charge is 2.57. The van der Waals surface area contributed by atoms with E-state index in [1.807, 2.05) is 0 Å². The number of nitrogens with zero attached hydrogens (tertiary/aromatic N) is 1. The number of carbonyl (C=O) groups is 1. The van der Waals surface area contributed by atoms with Crippen molar-refractivity contribution in [1.29, 1.82) is 0 Å². The predicted molar refractivity (Wildman–Crippen MR) is 103 cm³/mol. The number of phosphoric ester groups is 1. The van der Waals surface area contributed by atoms with Crippen LogP contribution in [0.4, 0.5) is 4.39 Å². The molecule has 0 radical (unpaired) electrons. The first kappa shape index (κ1) is 19.1. The van der Waals surface area contributed by atoms with Crippen molar-refractivity contribution in [2.24, 2.45) is 0 Å². The van der Waals surface area contributed by atoms with E-state index in [9.17, 15) is 29.2 Å². The fourth-order valence-corrected chi connectivity index (χ4v) is 4.12. The smallest absolute Gasteiger partial charge is 0.404 e. The number of aldehydes is 1. The fourth-order valence-electron chi connectivity index (χ4n) is 2.83. The number of aromatic amines is 1. The van der Waals surface area contributed by atoms with Crippen LogP contribution in [-0.4, -0.2) is 50.7 Å². The number of halogens is 2. The number of fused-ring (bicyclic) bond motifs is 1. The molecule has 12 nitrogen and oxygen atoms in total. The van der Waals surface area contributed by atoms with Gasteiger partial charge < -0.3 is 19.5 Å². The number of hydrogen-bond acceptors (Lipinski definition) is 10. The molecule has 1 aromatic heterocycles. The lowest BCUT2D eigenvalue weighted by Crippen LogP contribution is -2.43. The fraction of sp³-hybridized carbons (Fsp3) is 0.353. The molecule has 5 atom stereocenters. The maximum absolute atomic E-state index is 15.8. The summed E-state index contributed by atoms with van der Waals surface area (Å²) in [5, 5.41) is 20.9. The van der Waals surface area contributed by atoms with Crippen molar-refractivity contribution in [3.63, 3.8) is 0 Å². The molecule has 2 aromatic rings. The summed E-state index contributed by atoms with van der Waals surface area (Å²) in [5.74, 6) is -4.24. The van der Waals surface area contributed by atoms with E-state index in [1.165, 1.54) is 18.2 Å². The summed E-state index contributed by atoms with van der Waals surface area (Å²) in [6, 6.07) is 4.02. The Morgan fingerprint density at radius 3 is 2.97 bits per heavy atom. The lowest BCUT2D eigenvalue weighted by molar-refractivity contribution is -0.205. The van der Waals surface area contributed by atoms with E-state index in [4.69, 9.17) is 24.8 Å². The van der Waals surface area contributed by atoms with E-state index in [0.717, 1.165) is 0 Å². The van der Waals surface area contributed by atoms with E-state index in [1.54, 1.807) is 4.98 Å². The van der Waals surface area contributed by atoms with Crippen LogP contribution >= 0.6 is 19.4 Å². The predicted octanol–water partition coefficient (Wildman–Crippen LogP) is 0.653. The molecular formula is C17H15ClFN2O10P. The Hall–Kier alpha value is -2.38. The lowest BCUT2D eigenvalue weighted by Gasteiger charge is -2.28. The van der Waals surface area contributed by atoms with Crippen molar-refractivity contribution in [2.45, 2.75) is 30.9 Å². The van der Waals surface area contributed by atoms with Crippen LogP contribution in [0.2, 0.25) is 5.02 Å². The monoisotopic (exact) mass is 495 g/mol. The molecule has 4 rings (SSSR count). The average molecular weight is 496 g/mol. The zero-order valence-corrected chi connectivity index (χ0v) is 17.2. The Kier molecular flexibility index (Phi) is 4.90. The van der Waals surface area contributed by atoms with Gasteiger partial charge in [-0.25, -0.2) is 13.8 Å². The lowest BCUT2D eigenvalue weighted by atomic mass is 10.1. The topological polar surface area (TPSA) is 166 Å². The van der Waals surface area contributed by atoms with E-state index in [-0.39, 0.29) is 21.6 Å². The molecule has 32 heavy (non-hydrogen) atoms. The molecule has 3 heterocycles. The number of hydrogen-bond donors (Lipinski definition) is 3. The van der Waals surface area contributed by atoms with Gasteiger partial charge in [-0.1, -0.05) is 11.6 Å². The third-order valence-corrected chi connectivity index (χ3v) is 5.84. The van der Waals surface area contributed by atoms with Crippen molar-refractivity contribution in [3.8, 4) is 5.75 Å². The quantitative estimate of drug-likeness (QED) is 0.396. The van der Waals surface area contributed by atoms with Crippen LogP contribution in [0.1, 0.15) is 26.2 Å². The molecule has 1 saturated heterocycles. The maximum atomic E-state index is 15.8. The van der Waals surface area contributed by atoms with Gasteiger partial charge in [-0.2, -0.15) is 0 Å². The number of aromatic nitrogens is 2. The van der Waals surface area contributed by atoms with Crippen molar-refractivity contribution in [2.75, 3.05) is 6.56 Å². The highest BCUT2D eigenvalue weighted by Crippen LogP contribution is 2.56. The Balaban J connectivity index is 1.68. The van der Waals surface area contributed by atoms with E-state index in [2.05, 4.69) is 9.26 Å². The molecule has 1 aromatic carbocycles. The number of benzene rings is 1. The minimum Gasteiger partial charge on any atom is -0.404 e. The van der Waals surface area contributed by atoms with Gasteiger partial charge in [0.25, 0.3) is 11.4 Å². The number of aliphatic hydroxyl groups is 2. The average Bonchev–Trinajstić information content (AvgIpc) is 2.95. The largest absolute Gasteiger partial charge is 0.530 e. The first-order valence-electron chi connectivity index (χ1n) is 10.2. The molecular weight excluding hydrogens is 478 g/mol. The van der Waals surface area contributed by atoms with E-state index < -0.39 is 62.1 Å². The molecule has 2 aliphatic rings. The summed E-state index contributed by atoms with van der Waals surface area (Å²) < 4.78 is 72.2. The Labute approximate surface area is 186 Å².